The van der Waals surface area contributed by atoms with Crippen LogP contribution < -0.4 is 0 Å². The summed E-state index contributed by atoms with van der Waals surface area (Å²) in [7, 11) is 4.19. The van der Waals surface area contributed by atoms with Crippen molar-refractivity contribution in [2.75, 3.05) is 20.6 Å². The molecule has 33 heavy (non-hydrogen) atoms. The van der Waals surface area contributed by atoms with Crippen LogP contribution in [0, 0.1) is 0 Å². The lowest BCUT2D eigenvalue weighted by atomic mass is 9.96. The van der Waals surface area contributed by atoms with Crippen molar-refractivity contribution in [3.05, 3.63) is 112 Å². The zero-order valence-electron chi connectivity index (χ0n) is 19.0. The van der Waals surface area contributed by atoms with Gasteiger partial charge in [0.1, 0.15) is 11.9 Å². The molecule has 1 aliphatic heterocycles. The minimum atomic E-state index is -0.136. The third kappa shape index (κ3) is 4.16. The Kier molecular flexibility index (Phi) is 5.96. The Labute approximate surface area is 203 Å². The molecule has 0 amide bonds. The number of aliphatic imine (C=N–C) groups is 1. The number of hydrogen-bond acceptors (Lipinski definition) is 4. The van der Waals surface area contributed by atoms with Gasteiger partial charge < -0.3 is 4.90 Å². The first-order valence-corrected chi connectivity index (χ1v) is 11.9. The molecule has 0 radical (unpaired) electrons. The summed E-state index contributed by atoms with van der Waals surface area (Å²) < 4.78 is 3.25. The quantitative estimate of drug-likeness (QED) is 0.357. The van der Waals surface area contributed by atoms with Gasteiger partial charge in [-0.05, 0) is 44.8 Å². The van der Waals surface area contributed by atoms with E-state index in [-0.39, 0.29) is 12.0 Å². The molecule has 0 spiro atoms. The van der Waals surface area contributed by atoms with Gasteiger partial charge in [-0.2, -0.15) is 0 Å². The SMILES string of the molecule is CC1N=C(c2ccccc2)c2cc(Br)ccc2-n2c1nnc2C(CN(C)C)c1ccccc1. The number of benzene rings is 3. The van der Waals surface area contributed by atoms with Crippen LogP contribution in [-0.4, -0.2) is 46.0 Å². The molecule has 3 aromatic carbocycles. The van der Waals surface area contributed by atoms with Crippen LogP contribution in [0.2, 0.25) is 0 Å². The molecule has 0 aliphatic carbocycles. The molecule has 2 heterocycles. The van der Waals surface area contributed by atoms with E-state index in [4.69, 9.17) is 10.1 Å². The Morgan fingerprint density at radius 1 is 0.939 bits per heavy atom. The van der Waals surface area contributed by atoms with Gasteiger partial charge in [-0.1, -0.05) is 76.6 Å². The van der Waals surface area contributed by atoms with Crippen LogP contribution in [0.3, 0.4) is 0 Å². The lowest BCUT2D eigenvalue weighted by molar-refractivity contribution is 0.384. The third-order valence-electron chi connectivity index (χ3n) is 5.97. The lowest BCUT2D eigenvalue weighted by Crippen LogP contribution is -2.24. The Bertz CT molecular complexity index is 1290. The van der Waals surface area contributed by atoms with E-state index in [9.17, 15) is 0 Å². The van der Waals surface area contributed by atoms with Crippen LogP contribution >= 0.6 is 15.9 Å². The summed E-state index contributed by atoms with van der Waals surface area (Å²) in [5, 5.41) is 9.42. The van der Waals surface area contributed by atoms with Crippen molar-refractivity contribution < 1.29 is 0 Å². The van der Waals surface area contributed by atoms with Gasteiger partial charge in [0.05, 0.1) is 17.3 Å². The molecule has 0 fully saturated rings. The highest BCUT2D eigenvalue weighted by molar-refractivity contribution is 9.10. The third-order valence-corrected chi connectivity index (χ3v) is 6.47. The summed E-state index contributed by atoms with van der Waals surface area (Å²) >= 11 is 3.68. The fourth-order valence-electron chi connectivity index (χ4n) is 4.48. The van der Waals surface area contributed by atoms with E-state index in [2.05, 4.69) is 124 Å². The first-order valence-electron chi connectivity index (χ1n) is 11.1. The lowest BCUT2D eigenvalue weighted by Gasteiger charge is -2.23. The fourth-order valence-corrected chi connectivity index (χ4v) is 4.84. The molecule has 0 saturated heterocycles. The van der Waals surface area contributed by atoms with Crippen LogP contribution in [0.1, 0.15) is 47.2 Å². The second-order valence-electron chi connectivity index (χ2n) is 8.66. The molecule has 166 valence electrons. The van der Waals surface area contributed by atoms with Gasteiger partial charge in [0.25, 0.3) is 0 Å². The van der Waals surface area contributed by atoms with Crippen LogP contribution in [0.25, 0.3) is 5.69 Å². The number of hydrogen-bond donors (Lipinski definition) is 0. The summed E-state index contributed by atoms with van der Waals surface area (Å²) in [5.74, 6) is 1.87. The molecular formula is C27H26BrN5. The Morgan fingerprint density at radius 2 is 1.64 bits per heavy atom. The monoisotopic (exact) mass is 499 g/mol. The predicted molar refractivity (Wildman–Crippen MR) is 136 cm³/mol. The largest absolute Gasteiger partial charge is 0.308 e. The van der Waals surface area contributed by atoms with Crippen LogP contribution in [0.15, 0.2) is 88.3 Å². The van der Waals surface area contributed by atoms with E-state index < -0.39 is 0 Å². The summed E-state index contributed by atoms with van der Waals surface area (Å²) in [6.45, 7) is 2.92. The highest BCUT2D eigenvalue weighted by Gasteiger charge is 2.30. The molecule has 1 aliphatic rings. The van der Waals surface area contributed by atoms with E-state index in [0.29, 0.717) is 0 Å². The van der Waals surface area contributed by atoms with E-state index in [1.807, 2.05) is 6.07 Å². The topological polar surface area (TPSA) is 46.3 Å². The summed E-state index contributed by atoms with van der Waals surface area (Å²) in [6, 6.07) is 27.2. The highest BCUT2D eigenvalue weighted by atomic mass is 79.9. The number of halogens is 1. The molecule has 6 heteroatoms. The van der Waals surface area contributed by atoms with Gasteiger partial charge in [-0.25, -0.2) is 0 Å². The van der Waals surface area contributed by atoms with Gasteiger partial charge in [-0.15, -0.1) is 10.2 Å². The average Bonchev–Trinajstić information content (AvgIpc) is 3.22. The van der Waals surface area contributed by atoms with Crippen LogP contribution in [-0.2, 0) is 0 Å². The van der Waals surface area contributed by atoms with Crippen LogP contribution in [0.5, 0.6) is 0 Å². The number of likely N-dealkylation sites (N-methyl/N-ethyl adjacent to an activating group) is 1. The molecule has 0 saturated carbocycles. The first-order chi connectivity index (χ1) is 16.0. The maximum absolute atomic E-state index is 5.14. The molecule has 5 rings (SSSR count). The summed E-state index contributed by atoms with van der Waals surface area (Å²) in [5.41, 5.74) is 5.41. The smallest absolute Gasteiger partial charge is 0.162 e. The van der Waals surface area contributed by atoms with Crippen molar-refractivity contribution in [3.8, 4) is 5.69 Å². The molecule has 2 unspecified atom stereocenters. The van der Waals surface area contributed by atoms with Gasteiger partial charge in [0.15, 0.2) is 5.82 Å². The zero-order chi connectivity index (χ0) is 22.9. The predicted octanol–water partition coefficient (Wildman–Crippen LogP) is 5.64. The second kappa shape index (κ2) is 9.04. The van der Waals surface area contributed by atoms with Crippen LogP contribution in [0.4, 0.5) is 0 Å². The summed E-state index contributed by atoms with van der Waals surface area (Å²) in [6.07, 6.45) is 0. The fraction of sp³-hybridized carbons (Fsp3) is 0.222. The summed E-state index contributed by atoms with van der Waals surface area (Å²) in [4.78, 5) is 7.34. The van der Waals surface area contributed by atoms with Crippen molar-refractivity contribution >= 4 is 21.6 Å². The second-order valence-corrected chi connectivity index (χ2v) is 9.57. The van der Waals surface area contributed by atoms with Crippen molar-refractivity contribution in [1.82, 2.24) is 19.7 Å². The zero-order valence-corrected chi connectivity index (χ0v) is 20.6. The molecule has 5 nitrogen and oxygen atoms in total. The minimum absolute atomic E-state index is 0.0735. The first kappa shape index (κ1) is 21.7. The Balaban J connectivity index is 1.75. The Hall–Kier alpha value is -3.09. The van der Waals surface area contributed by atoms with Crippen molar-refractivity contribution in [3.63, 3.8) is 0 Å². The number of rotatable bonds is 5. The van der Waals surface area contributed by atoms with E-state index in [0.717, 1.165) is 45.2 Å². The minimum Gasteiger partial charge on any atom is -0.308 e. The molecular weight excluding hydrogens is 474 g/mol. The van der Waals surface area contributed by atoms with E-state index in [1.165, 1.54) is 5.56 Å². The van der Waals surface area contributed by atoms with Gasteiger partial charge in [0, 0.05) is 22.1 Å². The highest BCUT2D eigenvalue weighted by Crippen LogP contribution is 2.35. The molecule has 0 N–H and O–H groups in total. The van der Waals surface area contributed by atoms with E-state index in [1.54, 1.807) is 0 Å². The van der Waals surface area contributed by atoms with E-state index >= 15 is 0 Å². The Morgan fingerprint density at radius 3 is 2.33 bits per heavy atom. The maximum atomic E-state index is 5.14. The van der Waals surface area contributed by atoms with Crippen molar-refractivity contribution in [2.24, 2.45) is 4.99 Å². The molecule has 2 atom stereocenters. The maximum Gasteiger partial charge on any atom is 0.162 e. The van der Waals surface area contributed by atoms with Gasteiger partial charge in [0.2, 0.25) is 0 Å². The number of nitrogens with zero attached hydrogens (tertiary/aromatic N) is 5. The van der Waals surface area contributed by atoms with Crippen molar-refractivity contribution in [1.29, 1.82) is 0 Å². The van der Waals surface area contributed by atoms with Gasteiger partial charge >= 0.3 is 0 Å². The van der Waals surface area contributed by atoms with Crippen molar-refractivity contribution in [2.45, 2.75) is 18.9 Å². The molecule has 4 aromatic rings. The molecule has 0 bridgehead atoms. The normalized spacial score (nSPS) is 16.0. The van der Waals surface area contributed by atoms with Gasteiger partial charge in [-0.3, -0.25) is 9.56 Å². The number of aromatic nitrogens is 3. The standard InChI is InChI=1S/C27H26BrN5/c1-18-26-30-31-27(23(17-32(2)3)19-10-6-4-7-11-19)33(26)24-15-14-21(28)16-22(24)25(29-18)20-12-8-5-9-13-20/h4-16,18,23H,17H2,1-3H3. The molecule has 1 aromatic heterocycles. The number of fused-ring (bicyclic) bond motifs is 3. The average molecular weight is 500 g/mol.